The Morgan fingerprint density at radius 1 is 1.28 bits per heavy atom. The van der Waals surface area contributed by atoms with Gasteiger partial charge in [-0.05, 0) is 58.7 Å². The van der Waals surface area contributed by atoms with Crippen molar-refractivity contribution in [2.75, 3.05) is 13.1 Å². The number of pyridine rings is 1. The van der Waals surface area contributed by atoms with Crippen LogP contribution in [0.3, 0.4) is 0 Å². The van der Waals surface area contributed by atoms with Gasteiger partial charge in [0.2, 0.25) is 5.91 Å². The van der Waals surface area contributed by atoms with Crippen molar-refractivity contribution in [3.63, 3.8) is 0 Å². The van der Waals surface area contributed by atoms with Crippen LogP contribution in [0.15, 0.2) is 46.5 Å². The zero-order chi connectivity index (χ0) is 23.3. The average Bonchev–Trinajstić information content (AvgIpc) is 3.35. The van der Waals surface area contributed by atoms with Crippen molar-refractivity contribution in [1.82, 2.24) is 9.88 Å². The third kappa shape index (κ3) is 4.67. The maximum Gasteiger partial charge on any atom is 0.267 e. The normalized spacial score (nSPS) is 21.2. The molecule has 1 atom stereocenters. The van der Waals surface area contributed by atoms with Gasteiger partial charge in [0.25, 0.3) is 5.92 Å². The molecule has 0 N–H and O–H groups in total. The number of amides is 1. The van der Waals surface area contributed by atoms with E-state index in [2.05, 4.69) is 43.3 Å². The Morgan fingerprint density at radius 2 is 2.03 bits per heavy atom. The van der Waals surface area contributed by atoms with Gasteiger partial charge in [-0.15, -0.1) is 11.3 Å². The summed E-state index contributed by atoms with van der Waals surface area (Å²) < 4.78 is 27.1. The Kier molecular flexibility index (Phi) is 6.05. The van der Waals surface area contributed by atoms with E-state index in [4.69, 9.17) is 11.6 Å². The van der Waals surface area contributed by atoms with E-state index in [0.717, 1.165) is 27.3 Å². The smallest absolute Gasteiger partial charge is 0.267 e. The maximum absolute atomic E-state index is 13.6. The van der Waals surface area contributed by atoms with Crippen molar-refractivity contribution in [3.05, 3.63) is 57.7 Å². The highest BCUT2D eigenvalue weighted by Gasteiger charge is 2.41. The third-order valence-corrected chi connectivity index (χ3v) is 7.39. The summed E-state index contributed by atoms with van der Waals surface area (Å²) in [5, 5.41) is 2.59. The van der Waals surface area contributed by atoms with E-state index in [0.29, 0.717) is 17.0 Å². The molecule has 0 saturated carbocycles. The molecule has 1 aliphatic carbocycles. The molecule has 1 fully saturated rings. The van der Waals surface area contributed by atoms with Gasteiger partial charge in [-0.25, -0.2) is 8.78 Å². The van der Waals surface area contributed by atoms with Gasteiger partial charge in [0.1, 0.15) is 0 Å². The molecule has 1 amide bonds. The van der Waals surface area contributed by atoms with Gasteiger partial charge in [-0.1, -0.05) is 39.3 Å². The molecule has 3 nitrogen and oxygen atoms in total. The molecule has 32 heavy (non-hydrogen) atoms. The molecule has 1 unspecified atom stereocenters. The van der Waals surface area contributed by atoms with Crippen molar-refractivity contribution in [2.45, 2.75) is 51.9 Å². The van der Waals surface area contributed by atoms with E-state index in [9.17, 15) is 13.6 Å². The van der Waals surface area contributed by atoms with Crippen LogP contribution in [-0.2, 0) is 10.2 Å². The quantitative estimate of drug-likeness (QED) is 0.483. The Balaban J connectivity index is 1.60. The summed E-state index contributed by atoms with van der Waals surface area (Å²) in [6.07, 6.45) is 3.83. The second-order valence-electron chi connectivity index (χ2n) is 9.74. The number of hydrogen-bond acceptors (Lipinski definition) is 3. The van der Waals surface area contributed by atoms with E-state index >= 15 is 0 Å². The van der Waals surface area contributed by atoms with Crippen molar-refractivity contribution < 1.29 is 13.6 Å². The van der Waals surface area contributed by atoms with Gasteiger partial charge in [-0.3, -0.25) is 9.78 Å². The molecule has 0 bridgehead atoms. The summed E-state index contributed by atoms with van der Waals surface area (Å²) in [4.78, 5) is 19.7. The summed E-state index contributed by atoms with van der Waals surface area (Å²) >= 11 is 8.25. The van der Waals surface area contributed by atoms with Crippen molar-refractivity contribution in [1.29, 1.82) is 0 Å². The molecule has 0 radical (unpaired) electrons. The minimum absolute atomic E-state index is 0.0340. The van der Waals surface area contributed by atoms with E-state index in [-0.39, 0.29) is 30.2 Å². The average molecular weight is 477 g/mol. The van der Waals surface area contributed by atoms with Crippen LogP contribution in [0, 0.1) is 5.92 Å². The topological polar surface area (TPSA) is 33.2 Å². The molecule has 0 spiro atoms. The van der Waals surface area contributed by atoms with Crippen LogP contribution in [0.2, 0.25) is 0 Å². The van der Waals surface area contributed by atoms with Gasteiger partial charge in [0.15, 0.2) is 0 Å². The van der Waals surface area contributed by atoms with Crippen LogP contribution in [0.5, 0.6) is 0 Å². The van der Waals surface area contributed by atoms with E-state index in [1.807, 2.05) is 19.2 Å². The lowest BCUT2D eigenvalue weighted by Gasteiger charge is -2.26. The van der Waals surface area contributed by atoms with Crippen molar-refractivity contribution in [3.8, 4) is 10.4 Å². The first-order chi connectivity index (χ1) is 14.9. The van der Waals surface area contributed by atoms with Crippen LogP contribution in [-0.4, -0.2) is 34.8 Å². The molecule has 0 aromatic carbocycles. The highest BCUT2D eigenvalue weighted by atomic mass is 35.5. The number of carbonyl (C=O) groups excluding carboxylic acids is 1. The number of thiophene rings is 1. The molecule has 1 aliphatic heterocycles. The van der Waals surface area contributed by atoms with Gasteiger partial charge >= 0.3 is 0 Å². The SMILES string of the molecule is CC1CC(c2csc(-c3ccnc(C(C)(C)C)c3)c2)=C(Cl)C=C1C(=O)N1CCC(F)(F)C1. The number of halogens is 3. The van der Waals surface area contributed by atoms with E-state index < -0.39 is 12.5 Å². The van der Waals surface area contributed by atoms with Crippen LogP contribution in [0.1, 0.15) is 51.8 Å². The first kappa shape index (κ1) is 23.1. The number of aromatic nitrogens is 1. The Bertz CT molecular complexity index is 1110. The van der Waals surface area contributed by atoms with Gasteiger partial charge in [0, 0.05) is 45.8 Å². The second kappa shape index (κ2) is 8.38. The molecule has 1 saturated heterocycles. The summed E-state index contributed by atoms with van der Waals surface area (Å²) in [5.74, 6) is -3.22. The number of alkyl halides is 2. The monoisotopic (exact) mass is 476 g/mol. The molecule has 2 aliphatic rings. The van der Waals surface area contributed by atoms with Crippen LogP contribution < -0.4 is 0 Å². The third-order valence-electron chi connectivity index (χ3n) is 6.08. The molecular weight excluding hydrogens is 450 g/mol. The number of likely N-dealkylation sites (tertiary alicyclic amines) is 1. The first-order valence-electron chi connectivity index (χ1n) is 10.8. The van der Waals surface area contributed by atoms with E-state index in [1.54, 1.807) is 17.4 Å². The zero-order valence-electron chi connectivity index (χ0n) is 18.7. The zero-order valence-corrected chi connectivity index (χ0v) is 20.3. The summed E-state index contributed by atoms with van der Waals surface area (Å²) in [5.41, 5.74) is 4.64. The van der Waals surface area contributed by atoms with Gasteiger partial charge < -0.3 is 4.90 Å². The standard InChI is InChI=1S/C25H27ClF2N2OS/c1-15-9-19(20(26)12-18(15)23(31)30-8-6-25(27,28)14-30)17-10-21(32-13-17)16-5-7-29-22(11-16)24(2,3)4/h5,7,10-13,15H,6,8-9,14H2,1-4H3. The van der Waals surface area contributed by atoms with Crippen LogP contribution >= 0.6 is 22.9 Å². The number of carbonyl (C=O) groups is 1. The predicted octanol–water partition coefficient (Wildman–Crippen LogP) is 6.89. The number of nitrogens with zero attached hydrogens (tertiary/aromatic N) is 2. The van der Waals surface area contributed by atoms with Gasteiger partial charge in [0.05, 0.1) is 6.54 Å². The summed E-state index contributed by atoms with van der Waals surface area (Å²) in [6, 6.07) is 6.25. The minimum Gasteiger partial charge on any atom is -0.333 e. The fourth-order valence-electron chi connectivity index (χ4n) is 4.14. The fraction of sp³-hybridized carbons (Fsp3) is 0.440. The molecule has 170 valence electrons. The highest BCUT2D eigenvalue weighted by molar-refractivity contribution is 7.13. The lowest BCUT2D eigenvalue weighted by Crippen LogP contribution is -2.34. The maximum atomic E-state index is 13.6. The first-order valence-corrected chi connectivity index (χ1v) is 12.0. The van der Waals surface area contributed by atoms with Crippen molar-refractivity contribution in [2.24, 2.45) is 5.92 Å². The Hall–Kier alpha value is -2.05. The fourth-order valence-corrected chi connectivity index (χ4v) is 5.37. The lowest BCUT2D eigenvalue weighted by molar-refractivity contribution is -0.128. The van der Waals surface area contributed by atoms with Crippen molar-refractivity contribution >= 4 is 34.4 Å². The minimum atomic E-state index is -2.80. The summed E-state index contributed by atoms with van der Waals surface area (Å²) in [7, 11) is 0. The molecule has 3 heterocycles. The number of hydrogen-bond donors (Lipinski definition) is 0. The molecule has 4 rings (SSSR count). The van der Waals surface area contributed by atoms with Crippen LogP contribution in [0.25, 0.3) is 16.0 Å². The Labute approximate surface area is 196 Å². The summed E-state index contributed by atoms with van der Waals surface area (Å²) in [6.45, 7) is 7.94. The van der Waals surface area contributed by atoms with Crippen LogP contribution in [0.4, 0.5) is 8.78 Å². The second-order valence-corrected chi connectivity index (χ2v) is 11.1. The number of rotatable bonds is 3. The van der Waals surface area contributed by atoms with Gasteiger partial charge in [-0.2, -0.15) is 0 Å². The molecule has 2 aromatic heterocycles. The highest BCUT2D eigenvalue weighted by Crippen LogP contribution is 2.41. The molecule has 2 aromatic rings. The number of allylic oxidation sites excluding steroid dienone is 3. The lowest BCUT2D eigenvalue weighted by atomic mass is 9.85. The largest absolute Gasteiger partial charge is 0.333 e. The van der Waals surface area contributed by atoms with E-state index in [1.165, 1.54) is 4.90 Å². The molecular formula is C25H27ClF2N2OS. The molecule has 7 heteroatoms. The predicted molar refractivity (Wildman–Crippen MR) is 127 cm³/mol. The Morgan fingerprint density at radius 3 is 2.69 bits per heavy atom.